The van der Waals surface area contributed by atoms with Crippen LogP contribution in [-0.2, 0) is 4.74 Å². The van der Waals surface area contributed by atoms with Crippen molar-refractivity contribution in [1.82, 2.24) is 0 Å². The van der Waals surface area contributed by atoms with E-state index in [1.54, 1.807) is 17.4 Å². The van der Waals surface area contributed by atoms with Crippen molar-refractivity contribution >= 4 is 21.4 Å². The lowest BCUT2D eigenvalue weighted by Crippen LogP contribution is -2.22. The zero-order chi connectivity index (χ0) is 25.4. The second-order valence-electron chi connectivity index (χ2n) is 11.0. The van der Waals surface area contributed by atoms with Crippen LogP contribution in [0.2, 0.25) is 0 Å². The zero-order valence-corrected chi connectivity index (χ0v) is 23.6. The Bertz CT molecular complexity index is 927. The molecule has 0 amide bonds. The van der Waals surface area contributed by atoms with Gasteiger partial charge in [0.2, 0.25) is 0 Å². The largest absolute Gasteiger partial charge is 0.491 e. The zero-order valence-electron chi connectivity index (χ0n) is 22.8. The number of allylic oxidation sites excluding steroid dienone is 1. The molecule has 0 N–H and O–H groups in total. The topological polar surface area (TPSA) is 18.5 Å². The minimum Gasteiger partial charge on any atom is -0.491 e. The molecule has 1 aromatic heterocycles. The smallest absolute Gasteiger partial charge is 0.182 e. The highest BCUT2D eigenvalue weighted by Gasteiger charge is 2.24. The van der Waals surface area contributed by atoms with Crippen LogP contribution in [0.5, 0.6) is 5.75 Å². The van der Waals surface area contributed by atoms with E-state index in [1.807, 2.05) is 13.0 Å². The summed E-state index contributed by atoms with van der Waals surface area (Å²) in [5, 5.41) is 0.963. The van der Waals surface area contributed by atoms with Crippen LogP contribution in [-0.4, -0.2) is 19.3 Å². The molecule has 6 atom stereocenters. The number of hydrogen-bond acceptors (Lipinski definition) is 3. The second-order valence-corrected chi connectivity index (χ2v) is 12.1. The summed E-state index contributed by atoms with van der Waals surface area (Å²) in [6.07, 6.45) is 13.5. The number of halogens is 1. The van der Waals surface area contributed by atoms with Crippen molar-refractivity contribution in [3.05, 3.63) is 41.0 Å². The van der Waals surface area contributed by atoms with Crippen LogP contribution in [0.15, 0.2) is 30.4 Å². The molecule has 0 bridgehead atoms. The first-order chi connectivity index (χ1) is 16.8. The molecular weight excluding hydrogens is 455 g/mol. The monoisotopic (exact) mass is 502 g/mol. The third-order valence-corrected chi connectivity index (χ3v) is 9.44. The van der Waals surface area contributed by atoms with Gasteiger partial charge in [-0.05, 0) is 79.9 Å². The van der Waals surface area contributed by atoms with Crippen LogP contribution >= 0.6 is 11.3 Å². The van der Waals surface area contributed by atoms with Crippen LogP contribution in [0.25, 0.3) is 10.1 Å². The second kappa shape index (κ2) is 13.8. The maximum Gasteiger partial charge on any atom is 0.182 e. The van der Waals surface area contributed by atoms with Crippen molar-refractivity contribution in [3.63, 3.8) is 0 Å². The van der Waals surface area contributed by atoms with Crippen molar-refractivity contribution in [2.45, 2.75) is 98.5 Å². The average molecular weight is 503 g/mol. The van der Waals surface area contributed by atoms with E-state index in [4.69, 9.17) is 9.47 Å². The number of thiophene rings is 1. The van der Waals surface area contributed by atoms with Crippen LogP contribution in [0, 0.1) is 29.5 Å². The van der Waals surface area contributed by atoms with Crippen LogP contribution in [0.4, 0.5) is 4.39 Å². The predicted octanol–water partition coefficient (Wildman–Crippen LogP) is 9.77. The van der Waals surface area contributed by atoms with Crippen molar-refractivity contribution in [2.24, 2.45) is 23.7 Å². The Morgan fingerprint density at radius 1 is 1.06 bits per heavy atom. The molecule has 2 aromatic rings. The first kappa shape index (κ1) is 28.2. The predicted molar refractivity (Wildman–Crippen MR) is 149 cm³/mol. The fraction of sp³-hybridized carbons (Fsp3) is 0.677. The number of rotatable bonds is 13. The van der Waals surface area contributed by atoms with E-state index in [1.165, 1.54) is 37.0 Å². The summed E-state index contributed by atoms with van der Waals surface area (Å²) in [5.41, 5.74) is 0. The highest BCUT2D eigenvalue weighted by molar-refractivity contribution is 7.19. The minimum atomic E-state index is -0.230. The van der Waals surface area contributed by atoms with Gasteiger partial charge in [-0.3, -0.25) is 0 Å². The summed E-state index contributed by atoms with van der Waals surface area (Å²) in [6.45, 7) is 14.9. The molecule has 1 aliphatic heterocycles. The van der Waals surface area contributed by atoms with Gasteiger partial charge in [-0.25, -0.2) is 4.39 Å². The van der Waals surface area contributed by atoms with E-state index in [9.17, 15) is 4.39 Å². The summed E-state index contributed by atoms with van der Waals surface area (Å²) in [4.78, 5) is 1.22. The normalized spacial score (nSPS) is 22.4. The van der Waals surface area contributed by atoms with Crippen molar-refractivity contribution in [1.29, 1.82) is 0 Å². The van der Waals surface area contributed by atoms with E-state index in [-0.39, 0.29) is 11.9 Å². The molecular formula is C31H47FO2S. The molecule has 3 rings (SSSR count). The SMILES string of the molecule is CCOc1ccc2cc(C3CCC(/C=C/C(C)CCC(C)C(C)CCC(C)CC)OC3)sc2c1F. The molecule has 2 heterocycles. The maximum absolute atomic E-state index is 14.8. The van der Waals surface area contributed by atoms with Gasteiger partial charge in [-0.2, -0.15) is 0 Å². The summed E-state index contributed by atoms with van der Waals surface area (Å²) < 4.78 is 27.1. The third kappa shape index (κ3) is 8.05. The molecule has 0 aliphatic carbocycles. The lowest BCUT2D eigenvalue weighted by Gasteiger charge is -2.27. The molecule has 6 unspecified atom stereocenters. The maximum atomic E-state index is 14.8. The Balaban J connectivity index is 1.43. The number of fused-ring (bicyclic) bond motifs is 1. The molecule has 1 aliphatic rings. The molecule has 1 saturated heterocycles. The summed E-state index contributed by atoms with van der Waals surface area (Å²) >= 11 is 1.55. The van der Waals surface area contributed by atoms with Crippen molar-refractivity contribution in [3.8, 4) is 5.75 Å². The van der Waals surface area contributed by atoms with Crippen molar-refractivity contribution < 1.29 is 13.9 Å². The molecule has 2 nitrogen and oxygen atoms in total. The third-order valence-electron chi connectivity index (χ3n) is 8.14. The molecule has 35 heavy (non-hydrogen) atoms. The Hall–Kier alpha value is -1.39. The first-order valence-electron chi connectivity index (χ1n) is 14.0. The van der Waals surface area contributed by atoms with E-state index < -0.39 is 0 Å². The minimum absolute atomic E-state index is 0.205. The van der Waals surface area contributed by atoms with Gasteiger partial charge in [0.1, 0.15) is 0 Å². The number of hydrogen-bond donors (Lipinski definition) is 0. The van der Waals surface area contributed by atoms with E-state index in [0.717, 1.165) is 36.0 Å². The average Bonchev–Trinajstić information content (AvgIpc) is 3.31. The van der Waals surface area contributed by atoms with Gasteiger partial charge in [-0.15, -0.1) is 11.3 Å². The highest BCUT2D eigenvalue weighted by atomic mass is 32.1. The van der Waals surface area contributed by atoms with Crippen LogP contribution in [0.3, 0.4) is 0 Å². The van der Waals surface area contributed by atoms with Gasteiger partial charge < -0.3 is 9.47 Å². The standard InChI is InChI=1S/C31H47FO2S/c1-7-21(3)9-12-23(5)24(6)13-10-22(4)11-16-27-17-14-26(20-34-27)29-19-25-15-18-28(33-8-2)30(32)31(25)35-29/h11,15-16,18-19,21-24,26-27H,7-10,12-14,17,20H2,1-6H3/b16-11+. The van der Waals surface area contributed by atoms with E-state index in [0.29, 0.717) is 35.5 Å². The highest BCUT2D eigenvalue weighted by Crippen LogP contribution is 2.39. The summed E-state index contributed by atoms with van der Waals surface area (Å²) in [7, 11) is 0. The quantitative estimate of drug-likeness (QED) is 0.254. The van der Waals surface area contributed by atoms with E-state index in [2.05, 4.69) is 52.8 Å². The molecule has 4 heteroatoms. The lowest BCUT2D eigenvalue weighted by molar-refractivity contribution is 0.0332. The van der Waals surface area contributed by atoms with Crippen LogP contribution < -0.4 is 4.74 Å². The number of benzene rings is 1. The number of ether oxygens (including phenoxy) is 2. The molecule has 1 aromatic carbocycles. The molecule has 0 spiro atoms. The Morgan fingerprint density at radius 2 is 1.80 bits per heavy atom. The molecule has 0 saturated carbocycles. The fourth-order valence-corrected chi connectivity index (χ4v) is 6.15. The first-order valence-corrected chi connectivity index (χ1v) is 14.8. The van der Waals surface area contributed by atoms with Gasteiger partial charge in [0.25, 0.3) is 0 Å². The Morgan fingerprint density at radius 3 is 2.46 bits per heavy atom. The fourth-order valence-electron chi connectivity index (χ4n) is 4.94. The molecule has 196 valence electrons. The van der Waals surface area contributed by atoms with Crippen molar-refractivity contribution in [2.75, 3.05) is 13.2 Å². The van der Waals surface area contributed by atoms with Crippen LogP contribution in [0.1, 0.15) is 97.3 Å². The lowest BCUT2D eigenvalue weighted by atomic mass is 9.84. The summed E-state index contributed by atoms with van der Waals surface area (Å²) in [5.74, 6) is 3.51. The van der Waals surface area contributed by atoms with Gasteiger partial charge in [0.05, 0.1) is 24.0 Å². The van der Waals surface area contributed by atoms with Gasteiger partial charge >= 0.3 is 0 Å². The Kier molecular flexibility index (Phi) is 11.1. The van der Waals surface area contributed by atoms with Gasteiger partial charge in [-0.1, -0.05) is 66.0 Å². The van der Waals surface area contributed by atoms with E-state index >= 15 is 0 Å². The van der Waals surface area contributed by atoms with Gasteiger partial charge in [0.15, 0.2) is 11.6 Å². The summed E-state index contributed by atoms with van der Waals surface area (Å²) in [6, 6.07) is 5.84. The molecule has 0 radical (unpaired) electrons. The Labute approximate surface area is 217 Å². The molecule has 1 fully saturated rings. The van der Waals surface area contributed by atoms with Gasteiger partial charge in [0, 0.05) is 10.8 Å².